The van der Waals surface area contributed by atoms with Crippen LogP contribution in [0.4, 0.5) is 11.4 Å². The van der Waals surface area contributed by atoms with Gasteiger partial charge in [0, 0.05) is 17.3 Å². The van der Waals surface area contributed by atoms with Crippen LogP contribution < -0.4 is 11.1 Å². The molecule has 0 radical (unpaired) electrons. The van der Waals surface area contributed by atoms with Gasteiger partial charge in [0.25, 0.3) is 0 Å². The summed E-state index contributed by atoms with van der Waals surface area (Å²) in [5.74, 6) is 0.230. The van der Waals surface area contributed by atoms with Crippen molar-refractivity contribution in [2.75, 3.05) is 11.1 Å². The summed E-state index contributed by atoms with van der Waals surface area (Å²) >= 11 is 0. The molecule has 18 heavy (non-hydrogen) atoms. The maximum absolute atomic E-state index is 12.2. The smallest absolute Gasteiger partial charge is 0.227 e. The molecule has 0 spiro atoms. The summed E-state index contributed by atoms with van der Waals surface area (Å²) in [5, 5.41) is 3.00. The molecule has 1 rings (SSSR count). The number of nitrogens with one attached hydrogen (secondary N) is 1. The lowest BCUT2D eigenvalue weighted by Crippen LogP contribution is -2.23. The Balaban J connectivity index is 2.75. The van der Waals surface area contributed by atoms with E-state index in [2.05, 4.69) is 19.2 Å². The molecule has 0 heterocycles. The number of nitrogens with two attached hydrogens (primary N) is 1. The maximum Gasteiger partial charge on any atom is 0.227 e. The standard InChI is InChI=1S/C15H24N2O/c1-4-6-12(7-5-2)15(18)17-14-10-13(16)9-8-11(14)3/h8-10,12H,4-7,16H2,1-3H3,(H,17,18). The molecule has 0 saturated heterocycles. The molecule has 0 saturated carbocycles. The van der Waals surface area contributed by atoms with Crippen molar-refractivity contribution < 1.29 is 4.79 Å². The average molecular weight is 248 g/mol. The third-order valence-electron chi connectivity index (χ3n) is 3.16. The zero-order chi connectivity index (χ0) is 13.5. The predicted molar refractivity (Wildman–Crippen MR) is 77.5 cm³/mol. The Kier molecular flexibility index (Phi) is 5.69. The summed E-state index contributed by atoms with van der Waals surface area (Å²) in [5.41, 5.74) is 8.30. The van der Waals surface area contributed by atoms with Gasteiger partial charge in [0.2, 0.25) is 5.91 Å². The number of nitrogen functional groups attached to an aromatic ring is 1. The van der Waals surface area contributed by atoms with Crippen molar-refractivity contribution in [2.24, 2.45) is 5.92 Å². The van der Waals surface area contributed by atoms with Gasteiger partial charge in [-0.1, -0.05) is 32.8 Å². The molecule has 100 valence electrons. The molecule has 0 aliphatic carbocycles. The van der Waals surface area contributed by atoms with E-state index in [4.69, 9.17) is 5.73 Å². The fraction of sp³-hybridized carbons (Fsp3) is 0.533. The lowest BCUT2D eigenvalue weighted by Gasteiger charge is -2.16. The Hall–Kier alpha value is -1.51. The van der Waals surface area contributed by atoms with Crippen LogP contribution in [-0.2, 0) is 4.79 Å². The third kappa shape index (κ3) is 4.06. The Labute approximate surface area is 110 Å². The van der Waals surface area contributed by atoms with Gasteiger partial charge in [-0.3, -0.25) is 4.79 Å². The lowest BCUT2D eigenvalue weighted by atomic mass is 9.97. The van der Waals surface area contributed by atoms with Crippen LogP contribution in [0.25, 0.3) is 0 Å². The van der Waals surface area contributed by atoms with E-state index in [1.807, 2.05) is 25.1 Å². The fourth-order valence-electron chi connectivity index (χ4n) is 2.11. The fourth-order valence-corrected chi connectivity index (χ4v) is 2.11. The van der Waals surface area contributed by atoms with Gasteiger partial charge >= 0.3 is 0 Å². The molecule has 1 aromatic rings. The van der Waals surface area contributed by atoms with Crippen molar-refractivity contribution >= 4 is 17.3 Å². The molecule has 0 unspecified atom stereocenters. The number of anilines is 2. The molecule has 1 amide bonds. The Bertz CT molecular complexity index is 395. The highest BCUT2D eigenvalue weighted by Gasteiger charge is 2.17. The first kappa shape index (κ1) is 14.6. The van der Waals surface area contributed by atoms with Crippen molar-refractivity contribution in [1.82, 2.24) is 0 Å². The van der Waals surface area contributed by atoms with Gasteiger partial charge in [0.15, 0.2) is 0 Å². The number of benzene rings is 1. The minimum Gasteiger partial charge on any atom is -0.399 e. The van der Waals surface area contributed by atoms with Gasteiger partial charge in [0.1, 0.15) is 0 Å². The second-order valence-corrected chi connectivity index (χ2v) is 4.84. The lowest BCUT2D eigenvalue weighted by molar-refractivity contribution is -0.120. The van der Waals surface area contributed by atoms with Crippen molar-refractivity contribution in [2.45, 2.75) is 46.5 Å². The molecule has 1 aromatic carbocycles. The van der Waals surface area contributed by atoms with E-state index in [0.717, 1.165) is 36.9 Å². The summed E-state index contributed by atoms with van der Waals surface area (Å²) in [6.07, 6.45) is 3.96. The highest BCUT2D eigenvalue weighted by atomic mass is 16.1. The van der Waals surface area contributed by atoms with Crippen molar-refractivity contribution in [3.05, 3.63) is 23.8 Å². The van der Waals surface area contributed by atoms with Crippen LogP contribution in [0.1, 0.15) is 45.1 Å². The van der Waals surface area contributed by atoms with Crippen molar-refractivity contribution in [1.29, 1.82) is 0 Å². The van der Waals surface area contributed by atoms with Crippen molar-refractivity contribution in [3.63, 3.8) is 0 Å². The van der Waals surface area contributed by atoms with Crippen LogP contribution in [0.5, 0.6) is 0 Å². The summed E-state index contributed by atoms with van der Waals surface area (Å²) in [7, 11) is 0. The third-order valence-corrected chi connectivity index (χ3v) is 3.16. The number of hydrogen-bond acceptors (Lipinski definition) is 2. The second-order valence-electron chi connectivity index (χ2n) is 4.84. The van der Waals surface area contributed by atoms with Crippen LogP contribution in [0, 0.1) is 12.8 Å². The molecule has 3 heteroatoms. The quantitative estimate of drug-likeness (QED) is 0.754. The molecular weight excluding hydrogens is 224 g/mol. The molecule has 0 atom stereocenters. The second kappa shape index (κ2) is 7.04. The highest BCUT2D eigenvalue weighted by molar-refractivity contribution is 5.93. The largest absolute Gasteiger partial charge is 0.399 e. The van der Waals surface area contributed by atoms with Gasteiger partial charge in [-0.15, -0.1) is 0 Å². The van der Waals surface area contributed by atoms with E-state index < -0.39 is 0 Å². The average Bonchev–Trinajstić information content (AvgIpc) is 2.33. The molecular formula is C15H24N2O. The van der Waals surface area contributed by atoms with Crippen LogP contribution in [0.15, 0.2) is 18.2 Å². The monoisotopic (exact) mass is 248 g/mol. The number of aryl methyl sites for hydroxylation is 1. The first-order chi connectivity index (χ1) is 8.58. The van der Waals surface area contributed by atoms with Crippen LogP contribution >= 0.6 is 0 Å². The van der Waals surface area contributed by atoms with E-state index in [0.29, 0.717) is 5.69 Å². The topological polar surface area (TPSA) is 55.1 Å². The zero-order valence-corrected chi connectivity index (χ0v) is 11.6. The van der Waals surface area contributed by atoms with Crippen LogP contribution in [-0.4, -0.2) is 5.91 Å². The van der Waals surface area contributed by atoms with Gasteiger partial charge in [0.05, 0.1) is 0 Å². The minimum atomic E-state index is 0.112. The van der Waals surface area contributed by atoms with E-state index >= 15 is 0 Å². The summed E-state index contributed by atoms with van der Waals surface area (Å²) in [4.78, 5) is 12.2. The summed E-state index contributed by atoms with van der Waals surface area (Å²) in [6, 6.07) is 5.60. The van der Waals surface area contributed by atoms with E-state index in [9.17, 15) is 4.79 Å². The summed E-state index contributed by atoms with van der Waals surface area (Å²) in [6.45, 7) is 6.20. The predicted octanol–water partition coefficient (Wildman–Crippen LogP) is 3.73. The molecule has 3 N–H and O–H groups in total. The molecule has 0 aliphatic rings. The first-order valence-corrected chi connectivity index (χ1v) is 6.75. The van der Waals surface area contributed by atoms with Crippen LogP contribution in [0.3, 0.4) is 0 Å². The minimum absolute atomic E-state index is 0.112. The van der Waals surface area contributed by atoms with Gasteiger partial charge in [-0.05, 0) is 37.5 Å². The molecule has 0 fully saturated rings. The van der Waals surface area contributed by atoms with Crippen LogP contribution in [0.2, 0.25) is 0 Å². The SMILES string of the molecule is CCCC(CCC)C(=O)Nc1cc(N)ccc1C. The number of rotatable bonds is 6. The number of amides is 1. The Morgan fingerprint density at radius 1 is 1.28 bits per heavy atom. The van der Waals surface area contributed by atoms with Gasteiger partial charge < -0.3 is 11.1 Å². The number of carbonyl (C=O) groups is 1. The molecule has 3 nitrogen and oxygen atoms in total. The Morgan fingerprint density at radius 3 is 2.44 bits per heavy atom. The van der Waals surface area contributed by atoms with Gasteiger partial charge in [-0.2, -0.15) is 0 Å². The van der Waals surface area contributed by atoms with E-state index in [-0.39, 0.29) is 11.8 Å². The van der Waals surface area contributed by atoms with Crippen molar-refractivity contribution in [3.8, 4) is 0 Å². The van der Waals surface area contributed by atoms with Gasteiger partial charge in [-0.25, -0.2) is 0 Å². The van der Waals surface area contributed by atoms with E-state index in [1.54, 1.807) is 0 Å². The normalized spacial score (nSPS) is 10.7. The van der Waals surface area contributed by atoms with E-state index in [1.165, 1.54) is 0 Å². The zero-order valence-electron chi connectivity index (χ0n) is 11.6. The number of hydrogen-bond donors (Lipinski definition) is 2. The number of carbonyl (C=O) groups excluding carboxylic acids is 1. The Morgan fingerprint density at radius 2 is 1.89 bits per heavy atom. The maximum atomic E-state index is 12.2. The molecule has 0 aliphatic heterocycles. The molecule has 0 bridgehead atoms. The molecule has 0 aromatic heterocycles. The summed E-state index contributed by atoms with van der Waals surface area (Å²) < 4.78 is 0. The highest BCUT2D eigenvalue weighted by Crippen LogP contribution is 2.21. The first-order valence-electron chi connectivity index (χ1n) is 6.75.